The van der Waals surface area contributed by atoms with Crippen molar-refractivity contribution in [2.24, 2.45) is 0 Å². The lowest BCUT2D eigenvalue weighted by atomic mass is 10.2. The van der Waals surface area contributed by atoms with Crippen LogP contribution in [0, 0.1) is 5.82 Å². The molecule has 0 aliphatic heterocycles. The first-order valence-corrected chi connectivity index (χ1v) is 6.93. The van der Waals surface area contributed by atoms with E-state index in [9.17, 15) is 9.18 Å². The molecule has 2 rings (SSSR count). The largest absolute Gasteiger partial charge is 0.490 e. The molecule has 2 aromatic rings. The fourth-order valence-corrected chi connectivity index (χ4v) is 2.06. The minimum absolute atomic E-state index is 0.191. The minimum Gasteiger partial charge on any atom is -0.490 e. The third kappa shape index (κ3) is 4.62. The van der Waals surface area contributed by atoms with Crippen LogP contribution in [0.4, 0.5) is 4.39 Å². The third-order valence-electron chi connectivity index (χ3n) is 2.63. The zero-order valence-corrected chi connectivity index (χ0v) is 12.4. The van der Waals surface area contributed by atoms with Crippen LogP contribution in [0.15, 0.2) is 42.5 Å². The Bertz CT molecular complexity index is 649. The molecule has 0 spiro atoms. The molecule has 6 heteroatoms. The molecule has 0 saturated carbocycles. The Morgan fingerprint density at radius 2 is 2.00 bits per heavy atom. The van der Waals surface area contributed by atoms with Crippen LogP contribution in [0.1, 0.15) is 10.4 Å². The predicted molar refractivity (Wildman–Crippen MR) is 80.7 cm³/mol. The highest BCUT2D eigenvalue weighted by molar-refractivity contribution is 6.32. The monoisotopic (exact) mass is 327 g/mol. The van der Waals surface area contributed by atoms with E-state index in [4.69, 9.17) is 27.9 Å². The van der Waals surface area contributed by atoms with Crippen LogP contribution in [-0.4, -0.2) is 19.1 Å². The van der Waals surface area contributed by atoms with Gasteiger partial charge in [-0.25, -0.2) is 4.39 Å². The van der Waals surface area contributed by atoms with E-state index in [1.165, 1.54) is 18.2 Å². The molecule has 0 aromatic heterocycles. The van der Waals surface area contributed by atoms with Crippen LogP contribution >= 0.6 is 23.2 Å². The van der Waals surface area contributed by atoms with Crippen molar-refractivity contribution in [2.75, 3.05) is 13.2 Å². The molecule has 110 valence electrons. The number of hydrogen-bond acceptors (Lipinski definition) is 2. The van der Waals surface area contributed by atoms with Crippen molar-refractivity contribution in [2.45, 2.75) is 0 Å². The smallest absolute Gasteiger partial charge is 0.251 e. The molecule has 1 amide bonds. The SMILES string of the molecule is O=C(NCCOc1ccc(F)cc1Cl)c1cccc(Cl)c1. The summed E-state index contributed by atoms with van der Waals surface area (Å²) in [5, 5.41) is 3.38. The van der Waals surface area contributed by atoms with Crippen LogP contribution in [0.25, 0.3) is 0 Å². The second-order valence-electron chi connectivity index (χ2n) is 4.19. The third-order valence-corrected chi connectivity index (χ3v) is 3.16. The van der Waals surface area contributed by atoms with Gasteiger partial charge in [-0.1, -0.05) is 29.3 Å². The van der Waals surface area contributed by atoms with E-state index in [1.54, 1.807) is 24.3 Å². The van der Waals surface area contributed by atoms with Gasteiger partial charge in [0, 0.05) is 10.6 Å². The van der Waals surface area contributed by atoms with Gasteiger partial charge in [0.15, 0.2) is 0 Å². The van der Waals surface area contributed by atoms with Gasteiger partial charge in [0.2, 0.25) is 0 Å². The summed E-state index contributed by atoms with van der Waals surface area (Å²) in [6.07, 6.45) is 0. The summed E-state index contributed by atoms with van der Waals surface area (Å²) < 4.78 is 18.2. The first-order chi connectivity index (χ1) is 10.1. The number of rotatable bonds is 5. The van der Waals surface area contributed by atoms with Gasteiger partial charge in [-0.15, -0.1) is 0 Å². The number of carbonyl (C=O) groups is 1. The molecule has 3 nitrogen and oxygen atoms in total. The van der Waals surface area contributed by atoms with Crippen LogP contribution in [0.2, 0.25) is 10.0 Å². The number of nitrogens with one attached hydrogen (secondary N) is 1. The lowest BCUT2D eigenvalue weighted by Crippen LogP contribution is -2.28. The van der Waals surface area contributed by atoms with Crippen molar-refractivity contribution in [3.05, 3.63) is 63.9 Å². The summed E-state index contributed by atoms with van der Waals surface area (Å²) in [5.41, 5.74) is 0.474. The van der Waals surface area contributed by atoms with Crippen molar-refractivity contribution in [3.8, 4) is 5.75 Å². The number of hydrogen-bond donors (Lipinski definition) is 1. The van der Waals surface area contributed by atoms with E-state index >= 15 is 0 Å². The number of ether oxygens (including phenoxy) is 1. The van der Waals surface area contributed by atoms with Gasteiger partial charge < -0.3 is 10.1 Å². The van der Waals surface area contributed by atoms with E-state index in [-0.39, 0.29) is 17.5 Å². The average molecular weight is 328 g/mol. The van der Waals surface area contributed by atoms with Gasteiger partial charge in [-0.2, -0.15) is 0 Å². The van der Waals surface area contributed by atoms with Crippen molar-refractivity contribution in [3.63, 3.8) is 0 Å². The second-order valence-corrected chi connectivity index (χ2v) is 5.03. The van der Waals surface area contributed by atoms with Crippen LogP contribution in [0.3, 0.4) is 0 Å². The van der Waals surface area contributed by atoms with Crippen LogP contribution in [-0.2, 0) is 0 Å². The number of carbonyl (C=O) groups excluding carboxylic acids is 1. The summed E-state index contributed by atoms with van der Waals surface area (Å²) in [7, 11) is 0. The number of amides is 1. The highest BCUT2D eigenvalue weighted by Crippen LogP contribution is 2.24. The summed E-state index contributed by atoms with van der Waals surface area (Å²) >= 11 is 11.6. The van der Waals surface area contributed by atoms with E-state index in [2.05, 4.69) is 5.32 Å². The Kier molecular flexibility index (Phi) is 5.42. The highest BCUT2D eigenvalue weighted by Gasteiger charge is 2.06. The Balaban J connectivity index is 1.80. The lowest BCUT2D eigenvalue weighted by molar-refractivity contribution is 0.0947. The molecule has 0 radical (unpaired) electrons. The Hall–Kier alpha value is -1.78. The molecule has 0 bridgehead atoms. The van der Waals surface area contributed by atoms with E-state index in [0.29, 0.717) is 22.9 Å². The number of halogens is 3. The molecule has 2 aromatic carbocycles. The molecular weight excluding hydrogens is 316 g/mol. The standard InChI is InChI=1S/C15H12Cl2FNO2/c16-11-3-1-2-10(8-11)15(20)19-6-7-21-14-5-4-12(18)9-13(14)17/h1-5,8-9H,6-7H2,(H,19,20). The first kappa shape index (κ1) is 15.6. The van der Waals surface area contributed by atoms with Gasteiger partial charge in [-0.05, 0) is 36.4 Å². The van der Waals surface area contributed by atoms with Gasteiger partial charge in [0.05, 0.1) is 11.6 Å². The zero-order chi connectivity index (χ0) is 15.2. The molecule has 21 heavy (non-hydrogen) atoms. The van der Waals surface area contributed by atoms with Crippen molar-refractivity contribution < 1.29 is 13.9 Å². The Morgan fingerprint density at radius 3 is 2.71 bits per heavy atom. The average Bonchev–Trinajstić information content (AvgIpc) is 2.45. The summed E-state index contributed by atoms with van der Waals surface area (Å²) in [4.78, 5) is 11.8. The molecule has 0 atom stereocenters. The molecule has 1 N–H and O–H groups in total. The van der Waals surface area contributed by atoms with Crippen LogP contribution in [0.5, 0.6) is 5.75 Å². The van der Waals surface area contributed by atoms with Crippen molar-refractivity contribution >= 4 is 29.1 Å². The fraction of sp³-hybridized carbons (Fsp3) is 0.133. The highest BCUT2D eigenvalue weighted by atomic mass is 35.5. The normalized spacial score (nSPS) is 10.2. The quantitative estimate of drug-likeness (QED) is 0.844. The topological polar surface area (TPSA) is 38.3 Å². The molecule has 0 aliphatic rings. The first-order valence-electron chi connectivity index (χ1n) is 6.18. The summed E-state index contributed by atoms with van der Waals surface area (Å²) in [6, 6.07) is 10.5. The summed E-state index contributed by atoms with van der Waals surface area (Å²) in [6.45, 7) is 0.511. The zero-order valence-electron chi connectivity index (χ0n) is 10.9. The maximum Gasteiger partial charge on any atom is 0.251 e. The van der Waals surface area contributed by atoms with Gasteiger partial charge >= 0.3 is 0 Å². The van der Waals surface area contributed by atoms with Gasteiger partial charge in [0.25, 0.3) is 5.91 Å². The van der Waals surface area contributed by atoms with E-state index in [1.807, 2.05) is 0 Å². The van der Waals surface area contributed by atoms with E-state index in [0.717, 1.165) is 0 Å². The molecule has 0 aliphatic carbocycles. The van der Waals surface area contributed by atoms with E-state index < -0.39 is 5.82 Å². The van der Waals surface area contributed by atoms with Gasteiger partial charge in [0.1, 0.15) is 18.2 Å². The summed E-state index contributed by atoms with van der Waals surface area (Å²) in [5.74, 6) is -0.303. The predicted octanol–water partition coefficient (Wildman–Crippen LogP) is 3.94. The lowest BCUT2D eigenvalue weighted by Gasteiger charge is -2.09. The molecule has 0 saturated heterocycles. The fourth-order valence-electron chi connectivity index (χ4n) is 1.65. The molecular formula is C15H12Cl2FNO2. The molecule has 0 fully saturated rings. The maximum atomic E-state index is 12.9. The molecule has 0 heterocycles. The minimum atomic E-state index is -0.429. The second kappa shape index (κ2) is 7.29. The van der Waals surface area contributed by atoms with Crippen molar-refractivity contribution in [1.82, 2.24) is 5.32 Å². The number of benzene rings is 2. The Morgan fingerprint density at radius 1 is 1.19 bits per heavy atom. The van der Waals surface area contributed by atoms with Gasteiger partial charge in [-0.3, -0.25) is 4.79 Å². The van der Waals surface area contributed by atoms with Crippen LogP contribution < -0.4 is 10.1 Å². The molecule has 0 unspecified atom stereocenters. The van der Waals surface area contributed by atoms with Crippen molar-refractivity contribution in [1.29, 1.82) is 0 Å². The maximum absolute atomic E-state index is 12.9. The Labute approximate surface area is 131 Å².